The van der Waals surface area contributed by atoms with Gasteiger partial charge in [0.1, 0.15) is 0 Å². The second kappa shape index (κ2) is 8.04. The maximum Gasteiger partial charge on any atom is 0.337 e. The molecule has 24 heavy (non-hydrogen) atoms. The number of esters is 1. The summed E-state index contributed by atoms with van der Waals surface area (Å²) in [4.78, 5) is 23.5. The molecule has 0 aliphatic heterocycles. The second-order valence-corrected chi connectivity index (χ2v) is 5.81. The molecule has 0 radical (unpaired) electrons. The molecule has 7 heteroatoms. The lowest BCUT2D eigenvalue weighted by Crippen LogP contribution is -2.22. The highest BCUT2D eigenvalue weighted by Crippen LogP contribution is 2.29. The highest BCUT2D eigenvalue weighted by molar-refractivity contribution is 6.44. The number of methoxy groups -OCH3 is 1. The van der Waals surface area contributed by atoms with Crippen molar-refractivity contribution in [2.24, 2.45) is 0 Å². The molecule has 0 fully saturated rings. The van der Waals surface area contributed by atoms with E-state index in [4.69, 9.17) is 23.2 Å². The number of anilines is 2. The van der Waals surface area contributed by atoms with Gasteiger partial charge in [0.25, 0.3) is 0 Å². The Balaban J connectivity index is 1.99. The largest absolute Gasteiger partial charge is 0.465 e. The number of aryl methyl sites for hydroxylation is 1. The summed E-state index contributed by atoms with van der Waals surface area (Å²) >= 11 is 11.9. The van der Waals surface area contributed by atoms with E-state index >= 15 is 0 Å². The molecule has 2 aromatic rings. The number of ether oxygens (including phenoxy) is 1. The van der Waals surface area contributed by atoms with Crippen LogP contribution in [0.15, 0.2) is 36.4 Å². The summed E-state index contributed by atoms with van der Waals surface area (Å²) in [5.74, 6) is -0.673. The van der Waals surface area contributed by atoms with Crippen molar-refractivity contribution in [3.05, 3.63) is 57.6 Å². The van der Waals surface area contributed by atoms with Gasteiger partial charge in [-0.25, -0.2) is 4.79 Å². The summed E-state index contributed by atoms with van der Waals surface area (Å²) in [7, 11) is 1.33. The molecule has 5 nitrogen and oxygen atoms in total. The van der Waals surface area contributed by atoms with E-state index in [0.29, 0.717) is 21.3 Å². The monoisotopic (exact) mass is 366 g/mol. The number of rotatable bonds is 5. The molecule has 0 saturated heterocycles. The van der Waals surface area contributed by atoms with Crippen LogP contribution in [0.1, 0.15) is 15.9 Å². The molecule has 0 bridgehead atoms. The fraction of sp³-hybridized carbons (Fsp3) is 0.176. The minimum absolute atomic E-state index is 0.0429. The highest BCUT2D eigenvalue weighted by atomic mass is 35.5. The van der Waals surface area contributed by atoms with Crippen LogP contribution in [0.3, 0.4) is 0 Å². The van der Waals surface area contributed by atoms with Crippen LogP contribution in [0.4, 0.5) is 11.4 Å². The Hall–Kier alpha value is -2.24. The zero-order valence-corrected chi connectivity index (χ0v) is 14.7. The first-order valence-electron chi connectivity index (χ1n) is 7.09. The highest BCUT2D eigenvalue weighted by Gasteiger charge is 2.10. The van der Waals surface area contributed by atoms with Crippen molar-refractivity contribution in [2.45, 2.75) is 6.92 Å². The Morgan fingerprint density at radius 2 is 1.88 bits per heavy atom. The maximum atomic E-state index is 12.0. The topological polar surface area (TPSA) is 67.4 Å². The Kier molecular flexibility index (Phi) is 6.06. The number of carbonyl (C=O) groups excluding carboxylic acids is 2. The van der Waals surface area contributed by atoms with Gasteiger partial charge in [-0.3, -0.25) is 4.79 Å². The number of carbonyl (C=O) groups is 2. The number of halogens is 2. The number of hydrogen-bond donors (Lipinski definition) is 2. The van der Waals surface area contributed by atoms with Crippen molar-refractivity contribution >= 4 is 46.5 Å². The minimum Gasteiger partial charge on any atom is -0.465 e. The molecule has 0 aliphatic rings. The van der Waals surface area contributed by atoms with Crippen molar-refractivity contribution < 1.29 is 14.3 Å². The SMILES string of the molecule is COC(=O)c1ccc(NCC(=O)Nc2cccc(Cl)c2Cl)c(C)c1. The zero-order valence-electron chi connectivity index (χ0n) is 13.2. The van der Waals surface area contributed by atoms with Crippen LogP contribution in [0, 0.1) is 6.92 Å². The van der Waals surface area contributed by atoms with E-state index in [9.17, 15) is 9.59 Å². The van der Waals surface area contributed by atoms with Gasteiger partial charge in [0.15, 0.2) is 0 Å². The summed E-state index contributed by atoms with van der Waals surface area (Å²) in [5.41, 5.74) is 2.48. The lowest BCUT2D eigenvalue weighted by atomic mass is 10.1. The van der Waals surface area contributed by atoms with Crippen LogP contribution in [-0.4, -0.2) is 25.5 Å². The van der Waals surface area contributed by atoms with Crippen molar-refractivity contribution in [2.75, 3.05) is 24.3 Å². The molecule has 0 spiro atoms. The number of amides is 1. The molecule has 2 rings (SSSR count). The second-order valence-electron chi connectivity index (χ2n) is 5.02. The molecule has 1 amide bonds. The molecule has 126 valence electrons. The van der Waals surface area contributed by atoms with Crippen molar-refractivity contribution in [3.63, 3.8) is 0 Å². The molecule has 0 unspecified atom stereocenters. The average Bonchev–Trinajstić information content (AvgIpc) is 2.57. The molecular formula is C17H16Cl2N2O3. The molecule has 0 heterocycles. The fourth-order valence-corrected chi connectivity index (χ4v) is 2.42. The summed E-state index contributed by atoms with van der Waals surface area (Å²) in [5, 5.41) is 6.37. The quantitative estimate of drug-likeness (QED) is 0.780. The smallest absolute Gasteiger partial charge is 0.337 e. The standard InChI is InChI=1S/C17H16Cl2N2O3/c1-10-8-11(17(23)24-2)6-7-13(10)20-9-15(22)21-14-5-3-4-12(18)16(14)19/h3-8,20H,9H2,1-2H3,(H,21,22). The van der Waals surface area contributed by atoms with E-state index in [-0.39, 0.29) is 12.5 Å². The third-order valence-corrected chi connectivity index (χ3v) is 4.13. The van der Waals surface area contributed by atoms with Crippen LogP contribution in [0.5, 0.6) is 0 Å². The first-order valence-corrected chi connectivity index (χ1v) is 7.84. The van der Waals surface area contributed by atoms with E-state index in [1.54, 1.807) is 36.4 Å². The molecular weight excluding hydrogens is 351 g/mol. The van der Waals surface area contributed by atoms with Crippen molar-refractivity contribution in [1.82, 2.24) is 0 Å². The lowest BCUT2D eigenvalue weighted by Gasteiger charge is -2.12. The van der Waals surface area contributed by atoms with Crippen LogP contribution in [0.25, 0.3) is 0 Å². The molecule has 0 saturated carbocycles. The average molecular weight is 367 g/mol. The first-order chi connectivity index (χ1) is 11.4. The van der Waals surface area contributed by atoms with Crippen LogP contribution >= 0.6 is 23.2 Å². The van der Waals surface area contributed by atoms with E-state index in [2.05, 4.69) is 15.4 Å². The van der Waals surface area contributed by atoms with Crippen LogP contribution in [-0.2, 0) is 9.53 Å². The summed E-state index contributed by atoms with van der Waals surface area (Å²) < 4.78 is 4.67. The summed E-state index contributed by atoms with van der Waals surface area (Å²) in [6, 6.07) is 10.1. The first kappa shape index (κ1) is 18.1. The lowest BCUT2D eigenvalue weighted by molar-refractivity contribution is -0.114. The maximum absolute atomic E-state index is 12.0. The van der Waals surface area contributed by atoms with Crippen LogP contribution < -0.4 is 10.6 Å². The summed E-state index contributed by atoms with van der Waals surface area (Å²) in [6.07, 6.45) is 0. The zero-order chi connectivity index (χ0) is 17.7. The molecule has 2 N–H and O–H groups in total. The Labute approximate surface area is 149 Å². The predicted octanol–water partition coefficient (Wildman–Crippen LogP) is 4.14. The van der Waals surface area contributed by atoms with Gasteiger partial charge in [0.2, 0.25) is 5.91 Å². The van der Waals surface area contributed by atoms with Gasteiger partial charge in [-0.1, -0.05) is 29.3 Å². The molecule has 0 atom stereocenters. The molecule has 0 aromatic heterocycles. The van der Waals surface area contributed by atoms with E-state index in [1.807, 2.05) is 6.92 Å². The van der Waals surface area contributed by atoms with Gasteiger partial charge < -0.3 is 15.4 Å². The van der Waals surface area contributed by atoms with Crippen molar-refractivity contribution in [3.8, 4) is 0 Å². The number of benzene rings is 2. The minimum atomic E-state index is -0.405. The van der Waals surface area contributed by atoms with Gasteiger partial charge in [-0.15, -0.1) is 0 Å². The van der Waals surface area contributed by atoms with Crippen LogP contribution in [0.2, 0.25) is 10.0 Å². The Morgan fingerprint density at radius 1 is 1.12 bits per heavy atom. The van der Waals surface area contributed by atoms with Crippen molar-refractivity contribution in [1.29, 1.82) is 0 Å². The molecule has 2 aromatic carbocycles. The third-order valence-electron chi connectivity index (χ3n) is 3.31. The van der Waals surface area contributed by atoms with E-state index in [1.165, 1.54) is 7.11 Å². The van der Waals surface area contributed by atoms with Gasteiger partial charge in [-0.2, -0.15) is 0 Å². The van der Waals surface area contributed by atoms with Gasteiger partial charge in [-0.05, 0) is 42.8 Å². The molecule has 0 aliphatic carbocycles. The summed E-state index contributed by atoms with van der Waals surface area (Å²) in [6.45, 7) is 1.88. The van der Waals surface area contributed by atoms with Gasteiger partial charge >= 0.3 is 5.97 Å². The number of nitrogens with one attached hydrogen (secondary N) is 2. The van der Waals surface area contributed by atoms with E-state index in [0.717, 1.165) is 11.3 Å². The normalized spacial score (nSPS) is 10.2. The van der Waals surface area contributed by atoms with Gasteiger partial charge in [0, 0.05) is 5.69 Å². The van der Waals surface area contributed by atoms with E-state index < -0.39 is 5.97 Å². The Morgan fingerprint density at radius 3 is 2.54 bits per heavy atom. The predicted molar refractivity (Wildman–Crippen MR) is 96.1 cm³/mol. The fourth-order valence-electron chi connectivity index (χ4n) is 2.08. The Bertz CT molecular complexity index is 778. The van der Waals surface area contributed by atoms with Gasteiger partial charge in [0.05, 0.1) is 35.0 Å². The number of hydrogen-bond acceptors (Lipinski definition) is 4. The third kappa shape index (κ3) is 4.40.